The summed E-state index contributed by atoms with van der Waals surface area (Å²) in [4.78, 5) is 24.0. The maximum atomic E-state index is 12.9. The summed E-state index contributed by atoms with van der Waals surface area (Å²) in [6.45, 7) is -0.399. The van der Waals surface area contributed by atoms with Gasteiger partial charge < -0.3 is 25.3 Å². The van der Waals surface area contributed by atoms with Crippen molar-refractivity contribution in [2.45, 2.75) is 4.90 Å². The molecule has 0 aliphatic heterocycles. The molecule has 0 spiro atoms. The van der Waals surface area contributed by atoms with Crippen molar-refractivity contribution in [2.75, 3.05) is 30.9 Å². The lowest BCUT2D eigenvalue weighted by Crippen LogP contribution is -2.20. The van der Waals surface area contributed by atoms with Crippen molar-refractivity contribution in [1.82, 2.24) is 0 Å². The van der Waals surface area contributed by atoms with Crippen LogP contribution in [0, 0.1) is 0 Å². The van der Waals surface area contributed by atoms with Crippen LogP contribution in [0.2, 0.25) is 0 Å². The fourth-order valence-electron chi connectivity index (χ4n) is 2.97. The van der Waals surface area contributed by atoms with Crippen LogP contribution in [0.5, 0.6) is 17.2 Å². The lowest BCUT2D eigenvalue weighted by molar-refractivity contribution is -0.120. The number of carbonyl (C=O) groups is 2. The predicted molar refractivity (Wildman–Crippen MR) is 126 cm³/mol. The Labute approximate surface area is 196 Å². The first-order valence-electron chi connectivity index (χ1n) is 9.90. The molecule has 11 heteroatoms. The molecule has 0 fully saturated rings. The number of ether oxygens (including phenoxy) is 3. The van der Waals surface area contributed by atoms with Crippen molar-refractivity contribution < 1.29 is 32.2 Å². The molecule has 0 aromatic heterocycles. The number of benzene rings is 3. The van der Waals surface area contributed by atoms with Gasteiger partial charge in [0.1, 0.15) is 0 Å². The highest BCUT2D eigenvalue weighted by Gasteiger charge is 2.19. The van der Waals surface area contributed by atoms with Crippen molar-refractivity contribution in [1.29, 1.82) is 0 Å². The second kappa shape index (κ2) is 10.6. The van der Waals surface area contributed by atoms with Crippen molar-refractivity contribution >= 4 is 33.2 Å². The second-order valence-corrected chi connectivity index (χ2v) is 8.60. The van der Waals surface area contributed by atoms with Gasteiger partial charge in [-0.3, -0.25) is 14.3 Å². The molecular formula is C23H23N3O7S. The molecule has 0 aliphatic carbocycles. The van der Waals surface area contributed by atoms with Gasteiger partial charge in [0.15, 0.2) is 18.1 Å². The average molecular weight is 486 g/mol. The number of methoxy groups -OCH3 is 2. The predicted octanol–water partition coefficient (Wildman–Crippen LogP) is 2.62. The minimum absolute atomic E-state index is 0.113. The van der Waals surface area contributed by atoms with Crippen LogP contribution >= 0.6 is 0 Å². The molecule has 2 amide bonds. The van der Waals surface area contributed by atoms with E-state index in [1.165, 1.54) is 44.6 Å². The Hall–Kier alpha value is -4.25. The zero-order valence-electron chi connectivity index (χ0n) is 18.4. The monoisotopic (exact) mass is 485 g/mol. The molecule has 0 saturated heterocycles. The fourth-order valence-corrected chi connectivity index (χ4v) is 4.04. The molecule has 4 N–H and O–H groups in total. The van der Waals surface area contributed by atoms with Crippen LogP contribution in [0.3, 0.4) is 0 Å². The van der Waals surface area contributed by atoms with E-state index >= 15 is 0 Å². The van der Waals surface area contributed by atoms with Crippen LogP contribution in [-0.2, 0) is 14.8 Å². The first-order chi connectivity index (χ1) is 16.2. The molecular weight excluding hydrogens is 462 g/mol. The highest BCUT2D eigenvalue weighted by Crippen LogP contribution is 2.38. The van der Waals surface area contributed by atoms with Crippen LogP contribution in [0.25, 0.3) is 0 Å². The second-order valence-electron chi connectivity index (χ2n) is 6.92. The van der Waals surface area contributed by atoms with Crippen molar-refractivity contribution in [3.8, 4) is 17.2 Å². The van der Waals surface area contributed by atoms with Crippen molar-refractivity contribution in [2.24, 2.45) is 5.73 Å². The lowest BCUT2D eigenvalue weighted by Gasteiger charge is -2.15. The Morgan fingerprint density at radius 2 is 1.50 bits per heavy atom. The average Bonchev–Trinajstić information content (AvgIpc) is 2.82. The minimum atomic E-state index is -3.79. The van der Waals surface area contributed by atoms with E-state index in [4.69, 9.17) is 19.9 Å². The van der Waals surface area contributed by atoms with Crippen LogP contribution in [0.15, 0.2) is 71.6 Å². The van der Waals surface area contributed by atoms with E-state index in [0.29, 0.717) is 5.69 Å². The van der Waals surface area contributed by atoms with Crippen LogP contribution in [0.4, 0.5) is 11.4 Å². The van der Waals surface area contributed by atoms with E-state index in [0.717, 1.165) is 0 Å². The van der Waals surface area contributed by atoms with E-state index in [-0.39, 0.29) is 33.4 Å². The largest absolute Gasteiger partial charge is 0.493 e. The van der Waals surface area contributed by atoms with Gasteiger partial charge in [-0.05, 0) is 42.5 Å². The third-order valence-corrected chi connectivity index (χ3v) is 5.90. The van der Waals surface area contributed by atoms with E-state index < -0.39 is 28.4 Å². The van der Waals surface area contributed by atoms with Gasteiger partial charge in [-0.15, -0.1) is 0 Å². The van der Waals surface area contributed by atoms with Gasteiger partial charge in [-0.1, -0.05) is 24.3 Å². The Morgan fingerprint density at radius 1 is 0.882 bits per heavy atom. The molecule has 3 rings (SSSR count). The van der Waals surface area contributed by atoms with Gasteiger partial charge in [-0.25, -0.2) is 8.42 Å². The molecule has 0 atom stereocenters. The summed E-state index contributed by atoms with van der Waals surface area (Å²) < 4.78 is 43.5. The number of amides is 2. The first kappa shape index (κ1) is 24.4. The number of primary amides is 1. The number of hydrogen-bond donors (Lipinski definition) is 3. The Kier molecular flexibility index (Phi) is 7.59. The van der Waals surface area contributed by atoms with Crippen LogP contribution < -0.4 is 30.0 Å². The summed E-state index contributed by atoms with van der Waals surface area (Å²) in [7, 11) is -1.05. The van der Waals surface area contributed by atoms with Gasteiger partial charge >= 0.3 is 0 Å². The summed E-state index contributed by atoms with van der Waals surface area (Å²) in [5, 5.41) is 2.70. The highest BCUT2D eigenvalue weighted by atomic mass is 32.2. The number of hydrogen-bond acceptors (Lipinski definition) is 7. The van der Waals surface area contributed by atoms with Gasteiger partial charge in [0.2, 0.25) is 5.75 Å². The van der Waals surface area contributed by atoms with Gasteiger partial charge in [0.05, 0.1) is 24.8 Å². The van der Waals surface area contributed by atoms with Crippen LogP contribution in [0.1, 0.15) is 10.4 Å². The number of anilines is 2. The molecule has 0 unspecified atom stereocenters. The number of carbonyl (C=O) groups excluding carboxylic acids is 2. The topological polar surface area (TPSA) is 146 Å². The van der Waals surface area contributed by atoms with Crippen molar-refractivity contribution in [3.63, 3.8) is 0 Å². The van der Waals surface area contributed by atoms with Gasteiger partial charge in [0, 0.05) is 11.3 Å². The fraction of sp³-hybridized carbons (Fsp3) is 0.130. The Balaban J connectivity index is 1.81. The molecule has 0 bridgehead atoms. The van der Waals surface area contributed by atoms with E-state index in [2.05, 4.69) is 10.0 Å². The van der Waals surface area contributed by atoms with E-state index in [1.54, 1.807) is 36.4 Å². The van der Waals surface area contributed by atoms with E-state index in [1.807, 2.05) is 0 Å². The molecule has 34 heavy (non-hydrogen) atoms. The van der Waals surface area contributed by atoms with Gasteiger partial charge in [-0.2, -0.15) is 0 Å². The summed E-state index contributed by atoms with van der Waals surface area (Å²) in [6, 6.07) is 17.0. The number of nitrogens with two attached hydrogens (primary N) is 1. The number of nitrogens with one attached hydrogen (secondary N) is 2. The quantitative estimate of drug-likeness (QED) is 0.400. The smallest absolute Gasteiger partial charge is 0.261 e. The molecule has 3 aromatic rings. The maximum Gasteiger partial charge on any atom is 0.261 e. The third kappa shape index (κ3) is 5.95. The Bertz CT molecular complexity index is 1270. The lowest BCUT2D eigenvalue weighted by atomic mass is 10.1. The third-order valence-electron chi connectivity index (χ3n) is 4.51. The summed E-state index contributed by atoms with van der Waals surface area (Å²) in [5.74, 6) is -0.752. The molecule has 178 valence electrons. The molecule has 10 nitrogen and oxygen atoms in total. The molecule has 3 aromatic carbocycles. The SMILES string of the molecule is COc1cc(C(=O)Nc2cccc(NS(=O)(=O)c3ccccc3)c2)cc(OC)c1OCC(N)=O. The normalized spacial score (nSPS) is 10.8. The van der Waals surface area contributed by atoms with Crippen LogP contribution in [-0.4, -0.2) is 41.1 Å². The summed E-state index contributed by atoms with van der Waals surface area (Å²) in [5.41, 5.74) is 5.92. The summed E-state index contributed by atoms with van der Waals surface area (Å²) >= 11 is 0. The Morgan fingerprint density at radius 3 is 2.09 bits per heavy atom. The standard InChI is InChI=1S/C23H23N3O7S/c1-31-19-11-15(12-20(32-2)22(19)33-14-21(24)27)23(28)25-16-7-6-8-17(13-16)26-34(29,30)18-9-4-3-5-10-18/h3-13,26H,14H2,1-2H3,(H2,24,27)(H,25,28). The number of sulfonamides is 1. The molecule has 0 saturated carbocycles. The maximum absolute atomic E-state index is 12.9. The first-order valence-corrected chi connectivity index (χ1v) is 11.4. The highest BCUT2D eigenvalue weighted by molar-refractivity contribution is 7.92. The molecule has 0 heterocycles. The summed E-state index contributed by atoms with van der Waals surface area (Å²) in [6.07, 6.45) is 0. The number of rotatable bonds is 10. The van der Waals surface area contributed by atoms with Gasteiger partial charge in [0.25, 0.3) is 21.8 Å². The minimum Gasteiger partial charge on any atom is -0.493 e. The zero-order chi connectivity index (χ0) is 24.7. The van der Waals surface area contributed by atoms with E-state index in [9.17, 15) is 18.0 Å². The van der Waals surface area contributed by atoms with Crippen molar-refractivity contribution in [3.05, 3.63) is 72.3 Å². The molecule has 0 aliphatic rings. The zero-order valence-corrected chi connectivity index (χ0v) is 19.2. The molecule has 0 radical (unpaired) electrons.